The number of aromatic nitrogens is 2. The third-order valence-electron chi connectivity index (χ3n) is 3.08. The number of nitriles is 1. The highest BCUT2D eigenvalue weighted by Gasteiger charge is 2.12. The second-order valence-electron chi connectivity index (χ2n) is 5.41. The maximum Gasteiger partial charge on any atom is 0.251 e. The van der Waals surface area contributed by atoms with E-state index in [-0.39, 0.29) is 12.5 Å². The van der Waals surface area contributed by atoms with Crippen molar-refractivity contribution in [3.63, 3.8) is 0 Å². The van der Waals surface area contributed by atoms with Gasteiger partial charge in [-0.1, -0.05) is 19.0 Å². The summed E-state index contributed by atoms with van der Waals surface area (Å²) in [7, 11) is 1.47. The second-order valence-corrected chi connectivity index (χ2v) is 5.41. The molecule has 0 aliphatic carbocycles. The predicted octanol–water partition coefficient (Wildman–Crippen LogP) is 2.08. The third kappa shape index (κ3) is 4.30. The first kappa shape index (κ1) is 16.5. The van der Waals surface area contributed by atoms with Crippen molar-refractivity contribution >= 4 is 5.91 Å². The van der Waals surface area contributed by atoms with Crippen LogP contribution in [0.2, 0.25) is 0 Å². The summed E-state index contributed by atoms with van der Waals surface area (Å²) in [6.07, 6.45) is 0.699. The minimum absolute atomic E-state index is 0.161. The maximum absolute atomic E-state index is 12.1. The highest BCUT2D eigenvalue weighted by Crippen LogP contribution is 2.18. The van der Waals surface area contributed by atoms with Gasteiger partial charge in [0.2, 0.25) is 5.89 Å². The first-order valence-corrected chi connectivity index (χ1v) is 7.21. The van der Waals surface area contributed by atoms with Crippen molar-refractivity contribution in [2.75, 3.05) is 7.11 Å². The lowest BCUT2D eigenvalue weighted by Gasteiger charge is -2.06. The number of methoxy groups -OCH3 is 1. The van der Waals surface area contributed by atoms with Crippen molar-refractivity contribution in [3.8, 4) is 11.8 Å². The molecule has 1 N–H and O–H groups in total. The molecule has 0 bridgehead atoms. The SMILES string of the molecule is COc1ccc(C(=O)NCc2noc(CC(C)C)n2)cc1C#N. The van der Waals surface area contributed by atoms with Gasteiger partial charge < -0.3 is 14.6 Å². The van der Waals surface area contributed by atoms with Crippen molar-refractivity contribution in [2.24, 2.45) is 5.92 Å². The Balaban J connectivity index is 2.00. The Morgan fingerprint density at radius 3 is 2.91 bits per heavy atom. The van der Waals surface area contributed by atoms with Gasteiger partial charge in [-0.3, -0.25) is 4.79 Å². The summed E-state index contributed by atoms with van der Waals surface area (Å²) >= 11 is 0. The highest BCUT2D eigenvalue weighted by atomic mass is 16.5. The van der Waals surface area contributed by atoms with Crippen LogP contribution in [0.1, 0.15) is 41.5 Å². The fourth-order valence-electron chi connectivity index (χ4n) is 1.99. The van der Waals surface area contributed by atoms with E-state index in [1.54, 1.807) is 12.1 Å². The van der Waals surface area contributed by atoms with E-state index < -0.39 is 0 Å². The highest BCUT2D eigenvalue weighted by molar-refractivity contribution is 5.94. The van der Waals surface area contributed by atoms with E-state index in [1.807, 2.05) is 6.07 Å². The van der Waals surface area contributed by atoms with E-state index in [4.69, 9.17) is 14.5 Å². The second kappa shape index (κ2) is 7.40. The number of benzene rings is 1. The molecule has 2 aromatic rings. The Labute approximate surface area is 134 Å². The molecule has 2 rings (SSSR count). The summed E-state index contributed by atoms with van der Waals surface area (Å²) in [5, 5.41) is 15.6. The number of hydrogen-bond donors (Lipinski definition) is 1. The Kier molecular flexibility index (Phi) is 5.31. The average molecular weight is 314 g/mol. The predicted molar refractivity (Wildman–Crippen MR) is 81.7 cm³/mol. The summed E-state index contributed by atoms with van der Waals surface area (Å²) < 4.78 is 10.2. The van der Waals surface area contributed by atoms with E-state index in [2.05, 4.69) is 29.3 Å². The normalized spacial score (nSPS) is 10.4. The molecule has 0 saturated carbocycles. The zero-order chi connectivity index (χ0) is 16.8. The van der Waals surface area contributed by atoms with Gasteiger partial charge in [0.05, 0.1) is 19.2 Å². The van der Waals surface area contributed by atoms with Crippen LogP contribution < -0.4 is 10.1 Å². The van der Waals surface area contributed by atoms with Crippen LogP contribution in [-0.2, 0) is 13.0 Å². The summed E-state index contributed by atoms with van der Waals surface area (Å²) in [4.78, 5) is 16.3. The molecule has 0 radical (unpaired) electrons. The number of ether oxygens (including phenoxy) is 1. The zero-order valence-electron chi connectivity index (χ0n) is 13.3. The quantitative estimate of drug-likeness (QED) is 0.876. The molecule has 1 heterocycles. The molecular weight excluding hydrogens is 296 g/mol. The molecule has 0 atom stereocenters. The Morgan fingerprint density at radius 2 is 2.26 bits per heavy atom. The topological polar surface area (TPSA) is 101 Å². The fraction of sp³-hybridized carbons (Fsp3) is 0.375. The molecule has 1 amide bonds. The lowest BCUT2D eigenvalue weighted by molar-refractivity contribution is 0.0949. The average Bonchev–Trinajstić information content (AvgIpc) is 2.98. The smallest absolute Gasteiger partial charge is 0.251 e. The number of nitrogens with zero attached hydrogens (tertiary/aromatic N) is 3. The van der Waals surface area contributed by atoms with Crippen LogP contribution in [0.4, 0.5) is 0 Å². The van der Waals surface area contributed by atoms with Crippen molar-refractivity contribution in [2.45, 2.75) is 26.8 Å². The molecule has 0 saturated heterocycles. The first-order chi connectivity index (χ1) is 11.0. The van der Waals surface area contributed by atoms with Gasteiger partial charge in [-0.05, 0) is 24.1 Å². The lowest BCUT2D eigenvalue weighted by atomic mass is 10.1. The van der Waals surface area contributed by atoms with Crippen LogP contribution in [0, 0.1) is 17.2 Å². The summed E-state index contributed by atoms with van der Waals surface area (Å²) in [5.74, 6) is 1.50. The van der Waals surface area contributed by atoms with Crippen LogP contribution in [0.25, 0.3) is 0 Å². The summed E-state index contributed by atoms with van der Waals surface area (Å²) in [6, 6.07) is 6.65. The molecule has 7 heteroatoms. The van der Waals surface area contributed by atoms with E-state index in [9.17, 15) is 4.79 Å². The summed E-state index contributed by atoms with van der Waals surface area (Å²) in [5.41, 5.74) is 0.673. The van der Waals surface area contributed by atoms with Gasteiger partial charge >= 0.3 is 0 Å². The number of rotatable bonds is 6. The van der Waals surface area contributed by atoms with Crippen LogP contribution in [0.15, 0.2) is 22.7 Å². The largest absolute Gasteiger partial charge is 0.495 e. The van der Waals surface area contributed by atoms with Crippen molar-refractivity contribution in [3.05, 3.63) is 41.0 Å². The Morgan fingerprint density at radius 1 is 1.48 bits per heavy atom. The van der Waals surface area contributed by atoms with Gasteiger partial charge in [0.25, 0.3) is 5.91 Å². The Hall–Kier alpha value is -2.88. The molecule has 0 fully saturated rings. The van der Waals surface area contributed by atoms with Crippen molar-refractivity contribution < 1.29 is 14.1 Å². The van der Waals surface area contributed by atoms with E-state index in [0.717, 1.165) is 0 Å². The minimum atomic E-state index is -0.320. The molecule has 120 valence electrons. The minimum Gasteiger partial charge on any atom is -0.495 e. The molecule has 1 aromatic carbocycles. The fourth-order valence-corrected chi connectivity index (χ4v) is 1.99. The molecule has 23 heavy (non-hydrogen) atoms. The molecule has 0 spiro atoms. The van der Waals surface area contributed by atoms with Gasteiger partial charge in [0.1, 0.15) is 11.8 Å². The molecule has 0 unspecified atom stereocenters. The number of carbonyl (C=O) groups is 1. The zero-order valence-corrected chi connectivity index (χ0v) is 13.3. The Bertz CT molecular complexity index is 731. The van der Waals surface area contributed by atoms with Crippen LogP contribution >= 0.6 is 0 Å². The van der Waals surface area contributed by atoms with Crippen LogP contribution in [0.3, 0.4) is 0 Å². The van der Waals surface area contributed by atoms with E-state index in [0.29, 0.717) is 40.9 Å². The first-order valence-electron chi connectivity index (χ1n) is 7.21. The standard InChI is InChI=1S/C16H18N4O3/c1-10(2)6-15-19-14(20-23-15)9-18-16(21)11-4-5-13(22-3)12(7-11)8-17/h4-5,7,10H,6,9H2,1-3H3,(H,18,21). The van der Waals surface area contributed by atoms with Crippen LogP contribution in [0.5, 0.6) is 5.75 Å². The van der Waals surface area contributed by atoms with E-state index >= 15 is 0 Å². The van der Waals surface area contributed by atoms with Crippen molar-refractivity contribution in [1.82, 2.24) is 15.5 Å². The molecule has 0 aliphatic rings. The maximum atomic E-state index is 12.1. The molecule has 7 nitrogen and oxygen atoms in total. The van der Waals surface area contributed by atoms with Gasteiger partial charge in [-0.15, -0.1) is 0 Å². The van der Waals surface area contributed by atoms with Crippen LogP contribution in [-0.4, -0.2) is 23.2 Å². The van der Waals surface area contributed by atoms with E-state index in [1.165, 1.54) is 13.2 Å². The molecular formula is C16H18N4O3. The number of amides is 1. The number of nitrogens with one attached hydrogen (secondary N) is 1. The van der Waals surface area contributed by atoms with Gasteiger partial charge in [-0.2, -0.15) is 10.2 Å². The molecule has 0 aliphatic heterocycles. The van der Waals surface area contributed by atoms with Gasteiger partial charge in [0, 0.05) is 12.0 Å². The third-order valence-corrected chi connectivity index (χ3v) is 3.08. The lowest BCUT2D eigenvalue weighted by Crippen LogP contribution is -2.23. The molecule has 1 aromatic heterocycles. The van der Waals surface area contributed by atoms with Gasteiger partial charge in [0.15, 0.2) is 5.82 Å². The number of carbonyl (C=O) groups excluding carboxylic acids is 1. The monoisotopic (exact) mass is 314 g/mol. The van der Waals surface area contributed by atoms with Crippen molar-refractivity contribution in [1.29, 1.82) is 5.26 Å². The number of hydrogen-bond acceptors (Lipinski definition) is 6. The summed E-state index contributed by atoms with van der Waals surface area (Å²) in [6.45, 7) is 4.28. The van der Waals surface area contributed by atoms with Gasteiger partial charge in [-0.25, -0.2) is 0 Å².